The fourth-order valence-electron chi connectivity index (χ4n) is 3.34. The lowest BCUT2D eigenvalue weighted by molar-refractivity contribution is -0.129. The molecule has 1 aromatic carbocycles. The molecule has 0 aliphatic carbocycles. The molecule has 1 amide bonds. The number of likely N-dealkylation sites (tertiary alicyclic amines) is 1. The molecule has 2 aliphatic rings. The van der Waals surface area contributed by atoms with Gasteiger partial charge in [0.25, 0.3) is 0 Å². The average Bonchev–Trinajstić information content (AvgIpc) is 3.06. The molecular weight excluding hydrogens is 301 g/mol. The predicted molar refractivity (Wildman–Crippen MR) is 96.4 cm³/mol. The zero-order valence-electron chi connectivity index (χ0n) is 15.5. The van der Waals surface area contributed by atoms with Gasteiger partial charge in [0, 0.05) is 13.1 Å². The van der Waals surface area contributed by atoms with E-state index in [1.807, 2.05) is 17.0 Å². The fourth-order valence-corrected chi connectivity index (χ4v) is 3.34. The maximum atomic E-state index is 12.3. The molecule has 2 heterocycles. The molecule has 0 saturated carbocycles. The van der Waals surface area contributed by atoms with Crippen LogP contribution in [0, 0.1) is 6.92 Å². The first kappa shape index (κ1) is 17.5. The van der Waals surface area contributed by atoms with E-state index < -0.39 is 0 Å². The van der Waals surface area contributed by atoms with Crippen LogP contribution in [0.4, 0.5) is 0 Å². The minimum Gasteiger partial charge on any atom is -0.399 e. The van der Waals surface area contributed by atoms with E-state index in [-0.39, 0.29) is 24.2 Å². The maximum Gasteiger partial charge on any atom is 0.495 e. The number of hydrogen-bond donors (Lipinski definition) is 0. The number of carbonyl (C=O) groups excluding carboxylic acids is 1. The van der Waals surface area contributed by atoms with Crippen molar-refractivity contribution < 1.29 is 14.1 Å². The zero-order valence-corrected chi connectivity index (χ0v) is 15.5. The molecule has 0 N–H and O–H groups in total. The molecule has 2 fully saturated rings. The smallest absolute Gasteiger partial charge is 0.399 e. The van der Waals surface area contributed by atoms with Crippen molar-refractivity contribution in [2.75, 3.05) is 13.1 Å². The second-order valence-corrected chi connectivity index (χ2v) is 8.04. The third-order valence-corrected chi connectivity index (χ3v) is 5.66. The Balaban J connectivity index is 1.72. The summed E-state index contributed by atoms with van der Waals surface area (Å²) in [7, 11) is -0.349. The van der Waals surface area contributed by atoms with E-state index in [0.29, 0.717) is 6.42 Å². The van der Waals surface area contributed by atoms with Gasteiger partial charge in [0.15, 0.2) is 0 Å². The molecule has 2 aliphatic heterocycles. The minimum atomic E-state index is -0.349. The van der Waals surface area contributed by atoms with Gasteiger partial charge in [0.1, 0.15) is 0 Å². The summed E-state index contributed by atoms with van der Waals surface area (Å²) in [4.78, 5) is 14.3. The summed E-state index contributed by atoms with van der Waals surface area (Å²) < 4.78 is 12.3. The van der Waals surface area contributed by atoms with Crippen LogP contribution in [0.5, 0.6) is 0 Å². The summed E-state index contributed by atoms with van der Waals surface area (Å²) >= 11 is 0. The molecule has 0 unspecified atom stereocenters. The third kappa shape index (κ3) is 3.24. The number of nitrogens with zero attached hydrogens (tertiary/aromatic N) is 1. The molecule has 0 spiro atoms. The van der Waals surface area contributed by atoms with Crippen LogP contribution in [0.25, 0.3) is 0 Å². The first-order valence-electron chi connectivity index (χ1n) is 8.92. The Hall–Kier alpha value is -1.33. The Bertz CT molecular complexity index is 619. The molecule has 2 saturated heterocycles. The highest BCUT2D eigenvalue weighted by Gasteiger charge is 2.52. The van der Waals surface area contributed by atoms with Crippen LogP contribution in [0.3, 0.4) is 0 Å². The Kier molecular flexibility index (Phi) is 4.52. The van der Waals surface area contributed by atoms with E-state index in [9.17, 15) is 4.79 Å². The lowest BCUT2D eigenvalue weighted by Gasteiger charge is -2.32. The van der Waals surface area contributed by atoms with E-state index >= 15 is 0 Å². The molecule has 0 atom stereocenters. The van der Waals surface area contributed by atoms with Crippen molar-refractivity contribution in [1.29, 1.82) is 0 Å². The molecular formula is C19H28BNO3. The monoisotopic (exact) mass is 329 g/mol. The Morgan fingerprint density at radius 1 is 1.12 bits per heavy atom. The quantitative estimate of drug-likeness (QED) is 0.800. The van der Waals surface area contributed by atoms with Crippen LogP contribution >= 0.6 is 0 Å². The number of aryl methyl sites for hydroxylation is 1. The Morgan fingerprint density at radius 3 is 2.25 bits per heavy atom. The van der Waals surface area contributed by atoms with Crippen molar-refractivity contribution in [3.63, 3.8) is 0 Å². The van der Waals surface area contributed by atoms with Crippen molar-refractivity contribution in [2.45, 2.75) is 65.1 Å². The van der Waals surface area contributed by atoms with Crippen molar-refractivity contribution in [1.82, 2.24) is 4.90 Å². The summed E-state index contributed by atoms with van der Waals surface area (Å²) in [6, 6.07) is 6.17. The zero-order chi connectivity index (χ0) is 17.5. The predicted octanol–water partition coefficient (Wildman–Crippen LogP) is 2.46. The van der Waals surface area contributed by atoms with Gasteiger partial charge in [-0.25, -0.2) is 0 Å². The van der Waals surface area contributed by atoms with Crippen molar-refractivity contribution in [3.05, 3.63) is 29.3 Å². The molecule has 130 valence electrons. The Morgan fingerprint density at radius 2 is 1.71 bits per heavy atom. The van der Waals surface area contributed by atoms with Gasteiger partial charge in [-0.15, -0.1) is 0 Å². The van der Waals surface area contributed by atoms with E-state index in [1.165, 1.54) is 0 Å². The summed E-state index contributed by atoms with van der Waals surface area (Å²) in [5, 5.41) is 0. The normalized spacial score (nSPS) is 22.2. The third-order valence-electron chi connectivity index (χ3n) is 5.66. The standard InChI is InChI=1S/C19H28BNO3/c1-14-12-15(13-17(22)21-10-6-7-11-21)8-9-16(14)20-23-18(2,3)19(4,5)24-20/h8-9,12H,6-7,10-11,13H2,1-5H3. The number of carbonyl (C=O) groups is 1. The van der Waals surface area contributed by atoms with Gasteiger partial charge >= 0.3 is 7.12 Å². The van der Waals surface area contributed by atoms with E-state index in [4.69, 9.17) is 9.31 Å². The van der Waals surface area contributed by atoms with Crippen molar-refractivity contribution in [3.8, 4) is 0 Å². The van der Waals surface area contributed by atoms with Crippen LogP contribution < -0.4 is 5.46 Å². The van der Waals surface area contributed by atoms with Crippen LogP contribution in [0.2, 0.25) is 0 Å². The lowest BCUT2D eigenvalue weighted by atomic mass is 9.75. The minimum absolute atomic E-state index is 0.232. The highest BCUT2D eigenvalue weighted by molar-refractivity contribution is 6.62. The van der Waals surface area contributed by atoms with Gasteiger partial charge in [-0.05, 0) is 58.5 Å². The molecule has 0 aromatic heterocycles. The van der Waals surface area contributed by atoms with Gasteiger partial charge in [0.05, 0.1) is 17.6 Å². The number of rotatable bonds is 3. The number of hydrogen-bond acceptors (Lipinski definition) is 3. The van der Waals surface area contributed by atoms with Crippen LogP contribution in [-0.2, 0) is 20.5 Å². The van der Waals surface area contributed by atoms with Gasteiger partial charge in [-0.3, -0.25) is 4.79 Å². The van der Waals surface area contributed by atoms with E-state index in [0.717, 1.165) is 42.5 Å². The second kappa shape index (κ2) is 6.19. The molecule has 24 heavy (non-hydrogen) atoms. The summed E-state index contributed by atoms with van der Waals surface area (Å²) in [5.74, 6) is 0.232. The lowest BCUT2D eigenvalue weighted by Crippen LogP contribution is -2.41. The average molecular weight is 329 g/mol. The van der Waals surface area contributed by atoms with Crippen LogP contribution in [-0.4, -0.2) is 42.2 Å². The first-order valence-corrected chi connectivity index (χ1v) is 8.92. The molecule has 0 radical (unpaired) electrons. The molecule has 1 aromatic rings. The Labute approximate surface area is 145 Å². The fraction of sp³-hybridized carbons (Fsp3) is 0.632. The van der Waals surface area contributed by atoms with Crippen LogP contribution in [0.1, 0.15) is 51.7 Å². The highest BCUT2D eigenvalue weighted by atomic mass is 16.7. The maximum absolute atomic E-state index is 12.3. The molecule has 5 heteroatoms. The second-order valence-electron chi connectivity index (χ2n) is 8.04. The van der Waals surface area contributed by atoms with E-state index in [1.54, 1.807) is 0 Å². The molecule has 4 nitrogen and oxygen atoms in total. The molecule has 0 bridgehead atoms. The number of amides is 1. The number of benzene rings is 1. The van der Waals surface area contributed by atoms with Gasteiger partial charge in [-0.1, -0.05) is 23.8 Å². The van der Waals surface area contributed by atoms with Gasteiger partial charge in [0.2, 0.25) is 5.91 Å². The molecule has 3 rings (SSSR count). The van der Waals surface area contributed by atoms with Crippen LogP contribution in [0.15, 0.2) is 18.2 Å². The summed E-state index contributed by atoms with van der Waals surface area (Å²) in [5.41, 5.74) is 2.54. The van der Waals surface area contributed by atoms with Gasteiger partial charge in [-0.2, -0.15) is 0 Å². The first-order chi connectivity index (χ1) is 11.2. The van der Waals surface area contributed by atoms with Crippen molar-refractivity contribution >= 4 is 18.5 Å². The summed E-state index contributed by atoms with van der Waals surface area (Å²) in [6.45, 7) is 12.1. The summed E-state index contributed by atoms with van der Waals surface area (Å²) in [6.07, 6.45) is 2.74. The van der Waals surface area contributed by atoms with Gasteiger partial charge < -0.3 is 14.2 Å². The van der Waals surface area contributed by atoms with Crippen molar-refractivity contribution in [2.24, 2.45) is 0 Å². The topological polar surface area (TPSA) is 38.8 Å². The SMILES string of the molecule is Cc1cc(CC(=O)N2CCCC2)ccc1B1OC(C)(C)C(C)(C)O1. The van der Waals surface area contributed by atoms with E-state index in [2.05, 4.69) is 40.7 Å². The highest BCUT2D eigenvalue weighted by Crippen LogP contribution is 2.36. The largest absolute Gasteiger partial charge is 0.495 e.